The number of carbonyl (C=O) groups excluding carboxylic acids is 1. The van der Waals surface area contributed by atoms with Crippen molar-refractivity contribution in [3.8, 4) is 0 Å². The number of halogens is 1. The van der Waals surface area contributed by atoms with E-state index < -0.39 is 6.10 Å². The Kier molecular flexibility index (Phi) is 4.56. The van der Waals surface area contributed by atoms with Gasteiger partial charge in [0.25, 0.3) is 5.91 Å². The number of aromatic nitrogens is 1. The van der Waals surface area contributed by atoms with Crippen LogP contribution in [0.25, 0.3) is 0 Å². The smallest absolute Gasteiger partial charge is 0.270 e. The van der Waals surface area contributed by atoms with Gasteiger partial charge in [-0.25, -0.2) is 0 Å². The standard InChI is InChI=1S/C11H17BrN2O2/c1-4-14-7-9(12)5-10(14)11(16)13(3)6-8(2)15/h5,7-8,15H,4,6H2,1-3H3. The summed E-state index contributed by atoms with van der Waals surface area (Å²) < 4.78 is 2.77. The zero-order valence-corrected chi connectivity index (χ0v) is 11.4. The normalized spacial score (nSPS) is 12.6. The fourth-order valence-electron chi connectivity index (χ4n) is 1.59. The molecular weight excluding hydrogens is 272 g/mol. The third-order valence-corrected chi connectivity index (χ3v) is 2.74. The lowest BCUT2D eigenvalue weighted by Gasteiger charge is -2.19. The van der Waals surface area contributed by atoms with Crippen molar-refractivity contribution in [1.29, 1.82) is 0 Å². The summed E-state index contributed by atoms with van der Waals surface area (Å²) in [5.74, 6) is -0.0755. The molecule has 0 saturated heterocycles. The van der Waals surface area contributed by atoms with E-state index in [1.54, 1.807) is 20.0 Å². The lowest BCUT2D eigenvalue weighted by Crippen LogP contribution is -2.34. The number of aryl methyl sites for hydroxylation is 1. The Morgan fingerprint density at radius 1 is 1.69 bits per heavy atom. The number of hydrogen-bond acceptors (Lipinski definition) is 2. The molecule has 1 rings (SSSR count). The van der Waals surface area contributed by atoms with E-state index in [4.69, 9.17) is 0 Å². The second-order valence-corrected chi connectivity index (χ2v) is 4.78. The zero-order chi connectivity index (χ0) is 12.3. The van der Waals surface area contributed by atoms with Gasteiger partial charge in [0, 0.05) is 30.8 Å². The van der Waals surface area contributed by atoms with Gasteiger partial charge < -0.3 is 14.6 Å². The quantitative estimate of drug-likeness (QED) is 0.917. The Morgan fingerprint density at radius 3 is 2.81 bits per heavy atom. The summed E-state index contributed by atoms with van der Waals surface area (Å²) in [5, 5.41) is 9.24. The summed E-state index contributed by atoms with van der Waals surface area (Å²) in [5.41, 5.74) is 0.637. The van der Waals surface area contributed by atoms with Crippen molar-refractivity contribution in [1.82, 2.24) is 9.47 Å². The van der Waals surface area contributed by atoms with Gasteiger partial charge in [0.1, 0.15) is 5.69 Å². The maximum Gasteiger partial charge on any atom is 0.270 e. The second kappa shape index (κ2) is 5.50. The summed E-state index contributed by atoms with van der Waals surface area (Å²) in [6.45, 7) is 4.73. The van der Waals surface area contributed by atoms with Crippen LogP contribution in [0.4, 0.5) is 0 Å². The van der Waals surface area contributed by atoms with Crippen molar-refractivity contribution in [2.24, 2.45) is 0 Å². The number of likely N-dealkylation sites (N-methyl/N-ethyl adjacent to an activating group) is 1. The van der Waals surface area contributed by atoms with Crippen molar-refractivity contribution >= 4 is 21.8 Å². The van der Waals surface area contributed by atoms with Crippen LogP contribution >= 0.6 is 15.9 Å². The molecule has 0 saturated carbocycles. The topological polar surface area (TPSA) is 45.5 Å². The maximum atomic E-state index is 12.0. The van der Waals surface area contributed by atoms with Gasteiger partial charge in [0.05, 0.1) is 6.10 Å². The predicted molar refractivity (Wildman–Crippen MR) is 66.4 cm³/mol. The van der Waals surface area contributed by atoms with Gasteiger partial charge in [-0.3, -0.25) is 4.79 Å². The van der Waals surface area contributed by atoms with Crippen LogP contribution in [-0.4, -0.2) is 40.2 Å². The van der Waals surface area contributed by atoms with Crippen LogP contribution in [0.15, 0.2) is 16.7 Å². The van der Waals surface area contributed by atoms with E-state index in [9.17, 15) is 9.90 Å². The van der Waals surface area contributed by atoms with Crippen molar-refractivity contribution in [3.63, 3.8) is 0 Å². The lowest BCUT2D eigenvalue weighted by molar-refractivity contribution is 0.0693. The molecule has 0 aliphatic rings. The van der Waals surface area contributed by atoms with Crippen LogP contribution in [0.3, 0.4) is 0 Å². The highest BCUT2D eigenvalue weighted by atomic mass is 79.9. The fraction of sp³-hybridized carbons (Fsp3) is 0.545. The number of amides is 1. The number of aliphatic hydroxyl groups excluding tert-OH is 1. The van der Waals surface area contributed by atoms with E-state index in [1.807, 2.05) is 17.7 Å². The Morgan fingerprint density at radius 2 is 2.31 bits per heavy atom. The second-order valence-electron chi connectivity index (χ2n) is 3.86. The highest BCUT2D eigenvalue weighted by molar-refractivity contribution is 9.10. The molecule has 1 amide bonds. The van der Waals surface area contributed by atoms with E-state index in [1.165, 1.54) is 4.90 Å². The summed E-state index contributed by atoms with van der Waals surface area (Å²) in [6, 6.07) is 1.80. The monoisotopic (exact) mass is 288 g/mol. The van der Waals surface area contributed by atoms with E-state index in [2.05, 4.69) is 15.9 Å². The molecule has 1 heterocycles. The average molecular weight is 289 g/mol. The van der Waals surface area contributed by atoms with Gasteiger partial charge in [-0.15, -0.1) is 0 Å². The first kappa shape index (κ1) is 13.3. The van der Waals surface area contributed by atoms with Crippen LogP contribution in [0.5, 0.6) is 0 Å². The average Bonchev–Trinajstić information content (AvgIpc) is 2.57. The minimum absolute atomic E-state index is 0.0755. The fourth-order valence-corrected chi connectivity index (χ4v) is 2.05. The van der Waals surface area contributed by atoms with Gasteiger partial charge in [-0.05, 0) is 35.8 Å². The van der Waals surface area contributed by atoms with Gasteiger partial charge in [0.2, 0.25) is 0 Å². The molecule has 0 aromatic carbocycles. The maximum absolute atomic E-state index is 12.0. The Labute approximate surface area is 104 Å². The number of carbonyl (C=O) groups is 1. The highest BCUT2D eigenvalue weighted by Gasteiger charge is 2.17. The van der Waals surface area contributed by atoms with E-state index in [-0.39, 0.29) is 5.91 Å². The number of hydrogen-bond donors (Lipinski definition) is 1. The SMILES string of the molecule is CCn1cc(Br)cc1C(=O)N(C)CC(C)O. The van der Waals surface area contributed by atoms with E-state index >= 15 is 0 Å². The predicted octanol–water partition coefficient (Wildman–Crippen LogP) is 1.72. The Balaban J connectivity index is 2.86. The van der Waals surface area contributed by atoms with Gasteiger partial charge in [-0.1, -0.05) is 0 Å². The molecule has 5 heteroatoms. The third-order valence-electron chi connectivity index (χ3n) is 2.31. The van der Waals surface area contributed by atoms with E-state index in [0.29, 0.717) is 12.2 Å². The molecule has 0 bridgehead atoms. The van der Waals surface area contributed by atoms with Crippen LogP contribution in [0.1, 0.15) is 24.3 Å². The molecule has 1 atom stereocenters. The summed E-state index contributed by atoms with van der Waals surface area (Å²) in [7, 11) is 1.69. The first-order valence-corrected chi connectivity index (χ1v) is 6.04. The first-order valence-electron chi connectivity index (χ1n) is 5.25. The molecule has 0 aliphatic carbocycles. The van der Waals surface area contributed by atoms with Crippen LogP contribution in [0.2, 0.25) is 0 Å². The molecule has 0 radical (unpaired) electrons. The van der Waals surface area contributed by atoms with E-state index in [0.717, 1.165) is 11.0 Å². The first-order chi connectivity index (χ1) is 7.45. The highest BCUT2D eigenvalue weighted by Crippen LogP contribution is 2.16. The van der Waals surface area contributed by atoms with Crippen molar-refractivity contribution < 1.29 is 9.90 Å². The molecule has 0 aliphatic heterocycles. The minimum Gasteiger partial charge on any atom is -0.392 e. The Bertz CT molecular complexity index is 374. The van der Waals surface area contributed by atoms with Crippen molar-refractivity contribution in [2.45, 2.75) is 26.5 Å². The zero-order valence-electron chi connectivity index (χ0n) is 9.77. The van der Waals surface area contributed by atoms with Crippen LogP contribution in [0, 0.1) is 0 Å². The molecule has 16 heavy (non-hydrogen) atoms. The van der Waals surface area contributed by atoms with Gasteiger partial charge in [-0.2, -0.15) is 0 Å². The summed E-state index contributed by atoms with van der Waals surface area (Å²) >= 11 is 3.35. The molecule has 1 unspecified atom stereocenters. The molecule has 1 N–H and O–H groups in total. The molecule has 0 spiro atoms. The molecular formula is C11H17BrN2O2. The van der Waals surface area contributed by atoms with Crippen molar-refractivity contribution in [3.05, 3.63) is 22.4 Å². The molecule has 1 aromatic rings. The molecule has 1 aromatic heterocycles. The largest absolute Gasteiger partial charge is 0.392 e. The van der Waals surface area contributed by atoms with Crippen LogP contribution in [-0.2, 0) is 6.54 Å². The van der Waals surface area contributed by atoms with Crippen molar-refractivity contribution in [2.75, 3.05) is 13.6 Å². The summed E-state index contributed by atoms with van der Waals surface area (Å²) in [4.78, 5) is 13.6. The molecule has 4 nitrogen and oxygen atoms in total. The molecule has 90 valence electrons. The Hall–Kier alpha value is -0.810. The lowest BCUT2D eigenvalue weighted by atomic mass is 10.3. The number of rotatable bonds is 4. The third kappa shape index (κ3) is 3.09. The number of aliphatic hydroxyl groups is 1. The van der Waals surface area contributed by atoms with Gasteiger partial charge >= 0.3 is 0 Å². The molecule has 0 fully saturated rings. The minimum atomic E-state index is -0.512. The number of nitrogens with zero attached hydrogens (tertiary/aromatic N) is 2. The van der Waals surface area contributed by atoms with Crippen LogP contribution < -0.4 is 0 Å². The summed E-state index contributed by atoms with van der Waals surface area (Å²) in [6.07, 6.45) is 1.37. The van der Waals surface area contributed by atoms with Gasteiger partial charge in [0.15, 0.2) is 0 Å².